The Labute approximate surface area is 199 Å². The first-order valence-corrected chi connectivity index (χ1v) is 11.1. The normalized spacial score (nSPS) is 11.2. The smallest absolute Gasteiger partial charge is 0.248 e. The van der Waals surface area contributed by atoms with Gasteiger partial charge in [0.2, 0.25) is 11.8 Å². The minimum Gasteiger partial charge on any atom is -0.322 e. The molecule has 34 heavy (non-hydrogen) atoms. The van der Waals surface area contributed by atoms with Crippen molar-refractivity contribution in [3.05, 3.63) is 119 Å². The van der Waals surface area contributed by atoms with Crippen LogP contribution in [-0.4, -0.2) is 11.8 Å². The zero-order valence-electron chi connectivity index (χ0n) is 19.2. The summed E-state index contributed by atoms with van der Waals surface area (Å²) in [5.74, 6) is -0.438. The Morgan fingerprint density at radius 1 is 0.559 bits per heavy atom. The van der Waals surface area contributed by atoms with Crippen molar-refractivity contribution in [2.24, 2.45) is 0 Å². The van der Waals surface area contributed by atoms with Crippen LogP contribution in [0.5, 0.6) is 0 Å². The second-order valence-electron chi connectivity index (χ2n) is 8.17. The van der Waals surface area contributed by atoms with Crippen molar-refractivity contribution in [3.63, 3.8) is 0 Å². The molecule has 0 atom stereocenters. The molecule has 0 unspecified atom stereocenters. The first kappa shape index (κ1) is 22.7. The van der Waals surface area contributed by atoms with Gasteiger partial charge in [0.1, 0.15) is 0 Å². The number of hydrogen-bond donors (Lipinski definition) is 2. The van der Waals surface area contributed by atoms with E-state index < -0.39 is 0 Å². The third-order valence-corrected chi connectivity index (χ3v) is 5.45. The molecule has 0 aliphatic carbocycles. The standard InChI is InChI=1S/C30H26N2O2/c1-21-9-13-23(14-10-21)17-19-29(33)31-27-7-3-6-26-25(27)5-4-8-28(26)32-30(34)20-18-24-15-11-22(2)12-16-24/h3-20H,1-2H3,(H,31,33)(H,32,34). The number of hydrogen-bond acceptors (Lipinski definition) is 2. The van der Waals surface area contributed by atoms with Crippen molar-refractivity contribution in [1.82, 2.24) is 0 Å². The molecule has 4 rings (SSSR count). The zero-order chi connectivity index (χ0) is 23.9. The van der Waals surface area contributed by atoms with Gasteiger partial charge >= 0.3 is 0 Å². The second-order valence-corrected chi connectivity index (χ2v) is 8.17. The maximum absolute atomic E-state index is 12.5. The molecule has 168 valence electrons. The van der Waals surface area contributed by atoms with Gasteiger partial charge in [0, 0.05) is 34.3 Å². The largest absolute Gasteiger partial charge is 0.322 e. The van der Waals surface area contributed by atoms with Crippen LogP contribution in [0.2, 0.25) is 0 Å². The number of carbonyl (C=O) groups is 2. The van der Waals surface area contributed by atoms with Gasteiger partial charge in [-0.25, -0.2) is 0 Å². The summed E-state index contributed by atoms with van der Waals surface area (Å²) in [6.07, 6.45) is 6.61. The highest BCUT2D eigenvalue weighted by Gasteiger charge is 2.08. The summed E-state index contributed by atoms with van der Waals surface area (Å²) in [4.78, 5) is 25.0. The summed E-state index contributed by atoms with van der Waals surface area (Å²) in [7, 11) is 0. The predicted molar refractivity (Wildman–Crippen MR) is 142 cm³/mol. The lowest BCUT2D eigenvalue weighted by Crippen LogP contribution is -2.10. The van der Waals surface area contributed by atoms with Crippen molar-refractivity contribution in [2.45, 2.75) is 13.8 Å². The van der Waals surface area contributed by atoms with Gasteiger partial charge in [0.05, 0.1) is 0 Å². The molecule has 0 aromatic heterocycles. The van der Waals surface area contributed by atoms with Gasteiger partial charge in [-0.3, -0.25) is 9.59 Å². The Morgan fingerprint density at radius 3 is 1.32 bits per heavy atom. The van der Waals surface area contributed by atoms with Gasteiger partial charge in [-0.2, -0.15) is 0 Å². The topological polar surface area (TPSA) is 58.2 Å². The Bertz CT molecular complexity index is 1270. The molecule has 0 aliphatic rings. The van der Waals surface area contributed by atoms with Gasteiger partial charge in [-0.05, 0) is 49.3 Å². The predicted octanol–water partition coefficient (Wildman–Crippen LogP) is 6.76. The van der Waals surface area contributed by atoms with E-state index in [1.54, 1.807) is 12.2 Å². The molecule has 0 spiro atoms. The maximum Gasteiger partial charge on any atom is 0.248 e. The molecule has 4 aromatic rings. The summed E-state index contributed by atoms with van der Waals surface area (Å²) in [6.45, 7) is 4.05. The van der Waals surface area contributed by atoms with Crippen LogP contribution in [0.4, 0.5) is 11.4 Å². The molecule has 0 heterocycles. The lowest BCUT2D eigenvalue weighted by atomic mass is 10.1. The molecule has 4 nitrogen and oxygen atoms in total. The van der Waals surface area contributed by atoms with Crippen molar-refractivity contribution >= 4 is 46.1 Å². The summed E-state index contributed by atoms with van der Waals surface area (Å²) in [5.41, 5.74) is 5.63. The number of fused-ring (bicyclic) bond motifs is 1. The van der Waals surface area contributed by atoms with Gasteiger partial charge in [-0.1, -0.05) is 83.9 Å². The van der Waals surface area contributed by atoms with Crippen molar-refractivity contribution < 1.29 is 9.59 Å². The lowest BCUT2D eigenvalue weighted by molar-refractivity contribution is -0.112. The minimum atomic E-state index is -0.219. The minimum absolute atomic E-state index is 0.219. The van der Waals surface area contributed by atoms with Crippen molar-refractivity contribution in [3.8, 4) is 0 Å². The molecule has 2 N–H and O–H groups in total. The Balaban J connectivity index is 1.49. The zero-order valence-corrected chi connectivity index (χ0v) is 19.2. The van der Waals surface area contributed by atoms with Gasteiger partial charge < -0.3 is 10.6 Å². The fourth-order valence-corrected chi connectivity index (χ4v) is 3.58. The monoisotopic (exact) mass is 446 g/mol. The third kappa shape index (κ3) is 5.87. The van der Waals surface area contributed by atoms with Crippen LogP contribution < -0.4 is 10.6 Å². The lowest BCUT2D eigenvalue weighted by Gasteiger charge is -2.11. The van der Waals surface area contributed by atoms with Gasteiger partial charge in [0.15, 0.2) is 0 Å². The van der Waals surface area contributed by atoms with Crippen molar-refractivity contribution in [2.75, 3.05) is 10.6 Å². The summed E-state index contributed by atoms with van der Waals surface area (Å²) in [6, 6.07) is 27.2. The highest BCUT2D eigenvalue weighted by atomic mass is 16.2. The number of aryl methyl sites for hydroxylation is 2. The van der Waals surface area contributed by atoms with E-state index in [0.717, 1.165) is 21.9 Å². The first-order valence-electron chi connectivity index (χ1n) is 11.1. The number of anilines is 2. The molecular formula is C30H26N2O2. The molecule has 0 saturated heterocycles. The second kappa shape index (κ2) is 10.5. The molecule has 0 radical (unpaired) electrons. The molecule has 4 aromatic carbocycles. The number of amides is 2. The number of rotatable bonds is 6. The van der Waals surface area contributed by atoms with E-state index >= 15 is 0 Å². The van der Waals surface area contributed by atoms with E-state index in [0.29, 0.717) is 11.4 Å². The third-order valence-electron chi connectivity index (χ3n) is 5.45. The molecule has 0 saturated carbocycles. The van der Waals surface area contributed by atoms with Crippen LogP contribution in [0, 0.1) is 13.8 Å². The van der Waals surface area contributed by atoms with Crippen molar-refractivity contribution in [1.29, 1.82) is 0 Å². The highest BCUT2D eigenvalue weighted by Crippen LogP contribution is 2.29. The highest BCUT2D eigenvalue weighted by molar-refractivity contribution is 6.12. The average Bonchev–Trinajstić information content (AvgIpc) is 2.84. The number of nitrogens with one attached hydrogen (secondary N) is 2. The Kier molecular flexibility index (Phi) is 6.99. The van der Waals surface area contributed by atoms with Gasteiger partial charge in [-0.15, -0.1) is 0 Å². The number of carbonyl (C=O) groups excluding carboxylic acids is 2. The van der Waals surface area contributed by atoms with Crippen LogP contribution in [0.15, 0.2) is 97.1 Å². The summed E-state index contributed by atoms with van der Waals surface area (Å²) >= 11 is 0. The molecule has 4 heteroatoms. The molecule has 0 bridgehead atoms. The van der Waals surface area contributed by atoms with E-state index in [2.05, 4.69) is 10.6 Å². The number of benzene rings is 4. The maximum atomic E-state index is 12.5. The average molecular weight is 447 g/mol. The molecule has 0 fully saturated rings. The van der Waals surface area contributed by atoms with Crippen LogP contribution in [0.1, 0.15) is 22.3 Å². The van der Waals surface area contributed by atoms with E-state index in [1.165, 1.54) is 23.3 Å². The summed E-state index contributed by atoms with van der Waals surface area (Å²) < 4.78 is 0. The fourth-order valence-electron chi connectivity index (χ4n) is 3.58. The Hall–Kier alpha value is -4.44. The fraction of sp³-hybridized carbons (Fsp3) is 0.0667. The van der Waals surface area contributed by atoms with E-state index in [-0.39, 0.29) is 11.8 Å². The quantitative estimate of drug-likeness (QED) is 0.322. The summed E-state index contributed by atoms with van der Waals surface area (Å²) in [5, 5.41) is 7.59. The first-order chi connectivity index (χ1) is 16.5. The SMILES string of the molecule is Cc1ccc(C=CC(=O)Nc2cccc3c(NC(=O)C=Cc4ccc(C)cc4)cccc23)cc1. The van der Waals surface area contributed by atoms with E-state index in [9.17, 15) is 9.59 Å². The van der Waals surface area contributed by atoms with E-state index in [4.69, 9.17) is 0 Å². The van der Waals surface area contributed by atoms with Gasteiger partial charge in [0.25, 0.3) is 0 Å². The van der Waals surface area contributed by atoms with Crippen LogP contribution in [0.25, 0.3) is 22.9 Å². The molecular weight excluding hydrogens is 420 g/mol. The van der Waals surface area contributed by atoms with E-state index in [1.807, 2.05) is 98.8 Å². The molecule has 2 amide bonds. The molecule has 0 aliphatic heterocycles. The van der Waals surface area contributed by atoms with Crippen LogP contribution in [0.3, 0.4) is 0 Å². The van der Waals surface area contributed by atoms with Crippen LogP contribution in [-0.2, 0) is 9.59 Å². The Morgan fingerprint density at radius 2 is 0.941 bits per heavy atom. The van der Waals surface area contributed by atoms with Crippen LogP contribution >= 0.6 is 0 Å².